The van der Waals surface area contributed by atoms with Crippen molar-refractivity contribution in [2.45, 2.75) is 76.9 Å². The highest BCUT2D eigenvalue weighted by Crippen LogP contribution is 2.50. The molecule has 1 aliphatic carbocycles. The van der Waals surface area contributed by atoms with Crippen LogP contribution in [0.2, 0.25) is 0 Å². The van der Waals surface area contributed by atoms with Crippen LogP contribution in [0.3, 0.4) is 0 Å². The van der Waals surface area contributed by atoms with Gasteiger partial charge in [0.15, 0.2) is 11.6 Å². The molecule has 1 aromatic carbocycles. The van der Waals surface area contributed by atoms with Crippen molar-refractivity contribution in [2.75, 3.05) is 17.7 Å². The summed E-state index contributed by atoms with van der Waals surface area (Å²) < 4.78 is 21.2. The van der Waals surface area contributed by atoms with E-state index in [2.05, 4.69) is 27.3 Å². The Morgan fingerprint density at radius 2 is 2.02 bits per heavy atom. The molecule has 0 saturated heterocycles. The molecule has 3 heterocycles. The molecule has 1 aliphatic rings. The lowest BCUT2D eigenvalue weighted by atomic mass is 9.80. The number of rotatable bonds is 10. The third-order valence-corrected chi connectivity index (χ3v) is 8.26. The van der Waals surface area contributed by atoms with E-state index in [-0.39, 0.29) is 11.3 Å². The number of fused-ring (bicyclic) bond motifs is 2. The minimum absolute atomic E-state index is 0.0228. The van der Waals surface area contributed by atoms with Gasteiger partial charge in [-0.05, 0) is 67.3 Å². The first-order valence-corrected chi connectivity index (χ1v) is 14.2. The molecule has 0 aliphatic heterocycles. The van der Waals surface area contributed by atoms with Crippen molar-refractivity contribution in [2.24, 2.45) is 5.41 Å². The average molecular weight is 565 g/mol. The van der Waals surface area contributed by atoms with E-state index < -0.39 is 35.5 Å². The molecule has 0 radical (unpaired) electrons. The molecule has 0 bridgehead atoms. The van der Waals surface area contributed by atoms with Gasteiger partial charge in [0, 0.05) is 11.3 Å². The Morgan fingerprint density at radius 3 is 2.83 bits per heavy atom. The van der Waals surface area contributed by atoms with Crippen LogP contribution in [0.1, 0.15) is 69.5 Å². The van der Waals surface area contributed by atoms with Crippen LogP contribution in [-0.4, -0.2) is 54.7 Å². The lowest BCUT2D eigenvalue weighted by Crippen LogP contribution is -2.34. The molecule has 4 atom stereocenters. The molecule has 41 heavy (non-hydrogen) atoms. The van der Waals surface area contributed by atoms with Crippen LogP contribution in [0.25, 0.3) is 16.4 Å². The van der Waals surface area contributed by atoms with Crippen LogP contribution in [0, 0.1) is 11.2 Å². The molecular weight excluding hydrogens is 527 g/mol. The van der Waals surface area contributed by atoms with E-state index >= 15 is 0 Å². The quantitative estimate of drug-likeness (QED) is 0.197. The zero-order chi connectivity index (χ0) is 29.1. The molecule has 4 aromatic rings. The molecule has 5 N–H and O–H groups in total. The van der Waals surface area contributed by atoms with E-state index in [4.69, 9.17) is 10.5 Å². The number of aryl methyl sites for hydroxylation is 1. The molecule has 11 heteroatoms. The maximum Gasteiger partial charge on any atom is 0.412 e. The van der Waals surface area contributed by atoms with Crippen LogP contribution in [0.4, 0.5) is 20.8 Å². The SMILES string of the molecule is CCCCCOC(=O)Nc1ccc2ccc(CCC[C@@]3(C)C[C@@H](c4cc(F)c5c(N)ncnn45)[C@H](O)[C@@H]3O)cc2n1. The van der Waals surface area contributed by atoms with Gasteiger partial charge in [-0.25, -0.2) is 23.7 Å². The second-order valence-electron chi connectivity index (χ2n) is 11.3. The minimum Gasteiger partial charge on any atom is -0.449 e. The lowest BCUT2D eigenvalue weighted by Gasteiger charge is -2.28. The fourth-order valence-corrected chi connectivity index (χ4v) is 5.96. The Kier molecular flexibility index (Phi) is 8.37. The standard InChI is InChI=1S/C30H37FN6O4/c1-3-4-5-13-41-29(40)36-24-11-10-19-9-8-18(14-22(19)35-24)7-6-12-30(2)16-20(26(38)27(30)39)23-15-21(31)25-28(32)33-17-34-37(23)25/h8-11,14-15,17,20,26-27,38-39H,3-7,12-13,16H2,1-2H3,(H2,32,33,34)(H,35,36,40)/t20-,26-,27-,30-/m0/s1. The monoisotopic (exact) mass is 564 g/mol. The molecule has 0 unspecified atom stereocenters. The summed E-state index contributed by atoms with van der Waals surface area (Å²) in [5.41, 5.74) is 7.65. The average Bonchev–Trinajstić information content (AvgIpc) is 3.40. The highest BCUT2D eigenvalue weighted by Gasteiger charge is 2.50. The summed E-state index contributed by atoms with van der Waals surface area (Å²) in [6.45, 7) is 4.43. The first-order chi connectivity index (χ1) is 19.7. The number of pyridine rings is 1. The van der Waals surface area contributed by atoms with E-state index in [0.29, 0.717) is 31.0 Å². The van der Waals surface area contributed by atoms with Crippen molar-refractivity contribution in [1.82, 2.24) is 19.6 Å². The largest absolute Gasteiger partial charge is 0.449 e. The summed E-state index contributed by atoms with van der Waals surface area (Å²) in [5, 5.41) is 29.8. The first-order valence-electron chi connectivity index (χ1n) is 14.2. The van der Waals surface area contributed by atoms with Gasteiger partial charge in [0.1, 0.15) is 17.7 Å². The molecule has 0 spiro atoms. The number of aliphatic hydroxyl groups excluding tert-OH is 2. The Hall–Kier alpha value is -3.83. The Bertz CT molecular complexity index is 1540. The van der Waals surface area contributed by atoms with Gasteiger partial charge in [0.05, 0.1) is 30.0 Å². The van der Waals surface area contributed by atoms with Crippen LogP contribution in [0.15, 0.2) is 42.7 Å². The van der Waals surface area contributed by atoms with Gasteiger partial charge < -0.3 is 20.7 Å². The molecule has 10 nitrogen and oxygen atoms in total. The van der Waals surface area contributed by atoms with Crippen molar-refractivity contribution in [3.8, 4) is 0 Å². The number of nitrogens with one attached hydrogen (secondary N) is 1. The summed E-state index contributed by atoms with van der Waals surface area (Å²) in [6.07, 6.45) is 4.22. The Balaban J connectivity index is 1.22. The number of nitrogens with two attached hydrogens (primary N) is 1. The van der Waals surface area contributed by atoms with Crippen LogP contribution in [-0.2, 0) is 11.2 Å². The summed E-state index contributed by atoms with van der Waals surface area (Å²) in [6, 6.07) is 11.0. The first kappa shape index (κ1) is 28.7. The van der Waals surface area contributed by atoms with Gasteiger partial charge in [-0.2, -0.15) is 5.10 Å². The molecule has 5 rings (SSSR count). The molecule has 3 aromatic heterocycles. The molecule has 1 saturated carbocycles. The molecule has 1 fully saturated rings. The number of anilines is 2. The fraction of sp³-hybridized carbons (Fsp3) is 0.467. The second kappa shape index (κ2) is 12.0. The second-order valence-corrected chi connectivity index (χ2v) is 11.3. The predicted molar refractivity (Wildman–Crippen MR) is 154 cm³/mol. The number of halogens is 1. The number of aliphatic hydroxyl groups is 2. The summed E-state index contributed by atoms with van der Waals surface area (Å²) in [7, 11) is 0. The lowest BCUT2D eigenvalue weighted by molar-refractivity contribution is -0.0212. The van der Waals surface area contributed by atoms with E-state index in [1.165, 1.54) is 16.9 Å². The number of unbranched alkanes of at least 4 members (excludes halogenated alkanes) is 2. The number of carbonyl (C=O) groups is 1. The van der Waals surface area contributed by atoms with Gasteiger partial charge in [0.25, 0.3) is 0 Å². The molecular formula is C30H37FN6O4. The Morgan fingerprint density at radius 1 is 1.22 bits per heavy atom. The highest BCUT2D eigenvalue weighted by atomic mass is 19.1. The highest BCUT2D eigenvalue weighted by molar-refractivity contribution is 5.87. The zero-order valence-corrected chi connectivity index (χ0v) is 23.4. The smallest absolute Gasteiger partial charge is 0.412 e. The van der Waals surface area contributed by atoms with E-state index in [1.54, 1.807) is 6.07 Å². The third-order valence-electron chi connectivity index (χ3n) is 8.26. The number of hydrogen-bond acceptors (Lipinski definition) is 8. The summed E-state index contributed by atoms with van der Waals surface area (Å²) >= 11 is 0. The number of amides is 1. The van der Waals surface area contributed by atoms with E-state index in [0.717, 1.165) is 48.6 Å². The van der Waals surface area contributed by atoms with Gasteiger partial charge in [0.2, 0.25) is 0 Å². The van der Waals surface area contributed by atoms with Crippen molar-refractivity contribution < 1.29 is 24.1 Å². The van der Waals surface area contributed by atoms with E-state index in [1.807, 2.05) is 31.2 Å². The zero-order valence-electron chi connectivity index (χ0n) is 23.4. The number of nitrogens with zero attached hydrogens (tertiary/aromatic N) is 4. The predicted octanol–water partition coefficient (Wildman–Crippen LogP) is 4.98. The van der Waals surface area contributed by atoms with Gasteiger partial charge >= 0.3 is 6.09 Å². The topological polar surface area (TPSA) is 148 Å². The maximum absolute atomic E-state index is 14.6. The van der Waals surface area contributed by atoms with Crippen LogP contribution >= 0.6 is 0 Å². The fourth-order valence-electron chi connectivity index (χ4n) is 5.96. The number of hydrogen-bond donors (Lipinski definition) is 4. The normalized spacial score (nSPS) is 22.4. The molecule has 218 valence electrons. The van der Waals surface area contributed by atoms with E-state index in [9.17, 15) is 19.4 Å². The minimum atomic E-state index is -1.07. The maximum atomic E-state index is 14.6. The number of carbonyl (C=O) groups excluding carboxylic acids is 1. The van der Waals surface area contributed by atoms with Crippen molar-refractivity contribution in [3.05, 3.63) is 59.8 Å². The van der Waals surface area contributed by atoms with Crippen LogP contribution < -0.4 is 11.1 Å². The third kappa shape index (κ3) is 5.96. The number of ether oxygens (including phenoxy) is 1. The number of nitrogen functional groups attached to an aromatic ring is 1. The Labute approximate surface area is 237 Å². The van der Waals surface area contributed by atoms with Gasteiger partial charge in [-0.15, -0.1) is 0 Å². The summed E-state index contributed by atoms with van der Waals surface area (Å²) in [4.78, 5) is 20.5. The summed E-state index contributed by atoms with van der Waals surface area (Å²) in [5.74, 6) is -0.608. The van der Waals surface area contributed by atoms with Crippen molar-refractivity contribution in [1.29, 1.82) is 0 Å². The number of aromatic nitrogens is 4. The number of benzene rings is 1. The van der Waals surface area contributed by atoms with Gasteiger partial charge in [-0.1, -0.05) is 38.8 Å². The molecule has 1 amide bonds. The van der Waals surface area contributed by atoms with Gasteiger partial charge in [-0.3, -0.25) is 5.32 Å². The van der Waals surface area contributed by atoms with Crippen LogP contribution in [0.5, 0.6) is 0 Å². The van der Waals surface area contributed by atoms with Crippen molar-refractivity contribution >= 4 is 34.1 Å². The van der Waals surface area contributed by atoms with Crippen molar-refractivity contribution in [3.63, 3.8) is 0 Å².